The van der Waals surface area contributed by atoms with Crippen LogP contribution >= 0.6 is 7.82 Å². The number of allylic oxidation sites excluding steroid dienone is 8. The van der Waals surface area contributed by atoms with Gasteiger partial charge in [0.25, 0.3) is 0 Å². The third-order valence-electron chi connectivity index (χ3n) is 14.7. The molecule has 0 heterocycles. The second kappa shape index (κ2) is 63.2. The number of hydrogen-bond acceptors (Lipinski definition) is 8. The van der Waals surface area contributed by atoms with E-state index in [-0.39, 0.29) is 38.6 Å². The Kier molecular flexibility index (Phi) is 61.5. The van der Waals surface area contributed by atoms with Crippen molar-refractivity contribution >= 4 is 19.8 Å². The lowest BCUT2D eigenvalue weighted by molar-refractivity contribution is -0.161. The Balaban J connectivity index is 3.85. The van der Waals surface area contributed by atoms with Crippen molar-refractivity contribution in [3.05, 3.63) is 48.6 Å². The highest BCUT2D eigenvalue weighted by Crippen LogP contribution is 2.43. The number of phosphoric acid groups is 1. The first-order valence-electron chi connectivity index (χ1n) is 33.1. The van der Waals surface area contributed by atoms with Crippen molar-refractivity contribution < 1.29 is 37.6 Å². The minimum Gasteiger partial charge on any atom is -0.462 e. The molecule has 0 spiro atoms. The largest absolute Gasteiger partial charge is 0.472 e. The summed E-state index contributed by atoms with van der Waals surface area (Å²) in [5.41, 5.74) is 5.40. The SMILES string of the molecule is CCCCCCC/C=C\C/C=C\CCCCCCCCCCCCCCCCCCCCCCCC(=O)OC(COC(=O)CCCCCCCCCCCCC/C=C\C/C=C\CCCCCCC)COP(=O)(O)OCCN. The van der Waals surface area contributed by atoms with E-state index in [4.69, 9.17) is 24.3 Å². The summed E-state index contributed by atoms with van der Waals surface area (Å²) in [5.74, 6) is -0.814. The molecule has 10 heteroatoms. The molecular weight excluding hydrogens is 978 g/mol. The number of hydrogen-bond donors (Lipinski definition) is 2. The van der Waals surface area contributed by atoms with Crippen LogP contribution in [0.5, 0.6) is 0 Å². The molecule has 9 nitrogen and oxygen atoms in total. The van der Waals surface area contributed by atoms with Crippen LogP contribution in [0.25, 0.3) is 0 Å². The molecule has 452 valence electrons. The Morgan fingerprint density at radius 3 is 0.987 bits per heavy atom. The number of carbonyl (C=O) groups excluding carboxylic acids is 2. The van der Waals surface area contributed by atoms with Gasteiger partial charge in [-0.05, 0) is 77.0 Å². The zero-order chi connectivity index (χ0) is 55.9. The number of rotatable bonds is 63. The van der Waals surface area contributed by atoms with E-state index >= 15 is 0 Å². The Morgan fingerprint density at radius 2 is 0.675 bits per heavy atom. The van der Waals surface area contributed by atoms with E-state index in [2.05, 4.69) is 62.5 Å². The number of carbonyl (C=O) groups is 2. The summed E-state index contributed by atoms with van der Waals surface area (Å²) in [4.78, 5) is 35.3. The molecular formula is C67H126NO8P. The maximum absolute atomic E-state index is 12.7. The van der Waals surface area contributed by atoms with Gasteiger partial charge in [0.05, 0.1) is 13.2 Å². The van der Waals surface area contributed by atoms with Gasteiger partial charge in [0, 0.05) is 19.4 Å². The van der Waals surface area contributed by atoms with Gasteiger partial charge in [-0.25, -0.2) is 4.57 Å². The first-order chi connectivity index (χ1) is 37.8. The van der Waals surface area contributed by atoms with Gasteiger partial charge < -0.3 is 20.1 Å². The molecule has 0 fully saturated rings. The van der Waals surface area contributed by atoms with Crippen LogP contribution in [-0.2, 0) is 32.7 Å². The van der Waals surface area contributed by atoms with Crippen LogP contribution in [0.3, 0.4) is 0 Å². The maximum atomic E-state index is 12.7. The molecule has 0 radical (unpaired) electrons. The quantitative estimate of drug-likeness (QED) is 0.0264. The van der Waals surface area contributed by atoms with Crippen molar-refractivity contribution in [3.63, 3.8) is 0 Å². The van der Waals surface area contributed by atoms with Crippen LogP contribution in [0.15, 0.2) is 48.6 Å². The van der Waals surface area contributed by atoms with Gasteiger partial charge in [-0.1, -0.05) is 294 Å². The van der Waals surface area contributed by atoms with Crippen LogP contribution in [0.2, 0.25) is 0 Å². The molecule has 0 aliphatic carbocycles. The van der Waals surface area contributed by atoms with Crippen molar-refractivity contribution in [2.75, 3.05) is 26.4 Å². The zero-order valence-electron chi connectivity index (χ0n) is 50.7. The molecule has 0 aliphatic heterocycles. The first kappa shape index (κ1) is 75.0. The van der Waals surface area contributed by atoms with E-state index in [0.717, 1.165) is 44.9 Å². The van der Waals surface area contributed by atoms with E-state index in [1.165, 1.54) is 257 Å². The van der Waals surface area contributed by atoms with Gasteiger partial charge in [0.15, 0.2) is 6.10 Å². The fourth-order valence-electron chi connectivity index (χ4n) is 9.76. The second-order valence-corrected chi connectivity index (χ2v) is 23.8. The van der Waals surface area contributed by atoms with Gasteiger partial charge >= 0.3 is 19.8 Å². The maximum Gasteiger partial charge on any atom is 0.472 e. The molecule has 0 aromatic heterocycles. The van der Waals surface area contributed by atoms with Crippen LogP contribution in [-0.4, -0.2) is 49.3 Å². The molecule has 0 amide bonds. The summed E-state index contributed by atoms with van der Waals surface area (Å²) in [5, 5.41) is 0. The summed E-state index contributed by atoms with van der Waals surface area (Å²) < 4.78 is 33.1. The van der Waals surface area contributed by atoms with E-state index in [1.807, 2.05) is 0 Å². The highest BCUT2D eigenvalue weighted by atomic mass is 31.2. The lowest BCUT2D eigenvalue weighted by atomic mass is 10.0. The van der Waals surface area contributed by atoms with Gasteiger partial charge in [0.2, 0.25) is 0 Å². The lowest BCUT2D eigenvalue weighted by Crippen LogP contribution is -2.29. The van der Waals surface area contributed by atoms with Gasteiger partial charge in [-0.3, -0.25) is 18.6 Å². The second-order valence-electron chi connectivity index (χ2n) is 22.3. The van der Waals surface area contributed by atoms with E-state index in [0.29, 0.717) is 6.42 Å². The highest BCUT2D eigenvalue weighted by Gasteiger charge is 2.26. The molecule has 2 atom stereocenters. The molecule has 0 aromatic carbocycles. The van der Waals surface area contributed by atoms with E-state index < -0.39 is 26.5 Å². The number of ether oxygens (including phenoxy) is 2. The molecule has 2 unspecified atom stereocenters. The van der Waals surface area contributed by atoms with Crippen molar-refractivity contribution in [2.24, 2.45) is 5.73 Å². The summed E-state index contributed by atoms with van der Waals surface area (Å²) in [6.07, 6.45) is 79.1. The van der Waals surface area contributed by atoms with E-state index in [9.17, 15) is 19.0 Å². The normalized spacial score (nSPS) is 13.2. The monoisotopic (exact) mass is 1100 g/mol. The summed E-state index contributed by atoms with van der Waals surface area (Å²) in [6, 6.07) is 0. The number of unbranched alkanes of at least 4 members (excludes halogenated alkanes) is 42. The average Bonchev–Trinajstić information content (AvgIpc) is 3.42. The third-order valence-corrected chi connectivity index (χ3v) is 15.7. The number of phosphoric ester groups is 1. The molecule has 0 aliphatic rings. The smallest absolute Gasteiger partial charge is 0.462 e. The van der Waals surface area contributed by atoms with Crippen LogP contribution in [0, 0.1) is 0 Å². The molecule has 0 saturated carbocycles. The minimum absolute atomic E-state index is 0.0542. The van der Waals surface area contributed by atoms with Gasteiger partial charge in [0.1, 0.15) is 6.61 Å². The predicted molar refractivity (Wildman–Crippen MR) is 330 cm³/mol. The fraction of sp³-hybridized carbons (Fsp3) is 0.851. The fourth-order valence-corrected chi connectivity index (χ4v) is 10.5. The lowest BCUT2D eigenvalue weighted by Gasteiger charge is -2.19. The van der Waals surface area contributed by atoms with Gasteiger partial charge in [-0.2, -0.15) is 0 Å². The Labute approximate surface area is 477 Å². The van der Waals surface area contributed by atoms with Crippen molar-refractivity contribution in [1.82, 2.24) is 0 Å². The predicted octanol–water partition coefficient (Wildman–Crippen LogP) is 21.3. The summed E-state index contributed by atoms with van der Waals surface area (Å²) in [6.45, 7) is 3.77. The first-order valence-corrected chi connectivity index (χ1v) is 34.6. The molecule has 3 N–H and O–H groups in total. The minimum atomic E-state index is -4.39. The van der Waals surface area contributed by atoms with Gasteiger partial charge in [-0.15, -0.1) is 0 Å². The average molecular weight is 1100 g/mol. The van der Waals surface area contributed by atoms with Crippen LogP contribution in [0.1, 0.15) is 335 Å². The van der Waals surface area contributed by atoms with Crippen LogP contribution in [0.4, 0.5) is 0 Å². The molecule has 0 bridgehead atoms. The standard InChI is InChI=1S/C67H126NO8P/c1-3-5-7-9-11-13-15-17-19-21-23-25-27-28-29-30-31-32-33-34-35-36-38-40-42-44-46-48-50-52-54-56-58-60-67(70)76-65(64-75-77(71,72)74-62-61-68)63-73-66(69)59-57-55-53-51-49-47-45-43-41-39-37-26-24-22-20-18-16-14-12-10-8-6-4-2/h15-18,21-24,65H,3-14,19-20,25-64,68H2,1-2H3,(H,71,72)/b17-15-,18-16-,23-21-,24-22-. The number of esters is 2. The topological polar surface area (TPSA) is 134 Å². The van der Waals surface area contributed by atoms with Crippen LogP contribution < -0.4 is 5.73 Å². The Bertz CT molecular complexity index is 1400. The van der Waals surface area contributed by atoms with Crippen molar-refractivity contribution in [2.45, 2.75) is 341 Å². The Morgan fingerprint density at radius 1 is 0.390 bits per heavy atom. The Hall–Kier alpha value is -2.03. The van der Waals surface area contributed by atoms with E-state index in [1.54, 1.807) is 0 Å². The molecule has 0 rings (SSSR count). The zero-order valence-corrected chi connectivity index (χ0v) is 51.6. The summed E-state index contributed by atoms with van der Waals surface area (Å²) >= 11 is 0. The molecule has 0 aromatic rings. The van der Waals surface area contributed by atoms with Crippen molar-refractivity contribution in [3.8, 4) is 0 Å². The summed E-state index contributed by atoms with van der Waals surface area (Å²) in [7, 11) is -4.39. The third kappa shape index (κ3) is 63.0. The molecule has 0 saturated heterocycles. The molecule has 77 heavy (non-hydrogen) atoms. The number of nitrogens with two attached hydrogens (primary N) is 1. The van der Waals surface area contributed by atoms with Crippen molar-refractivity contribution in [1.29, 1.82) is 0 Å². The highest BCUT2D eigenvalue weighted by molar-refractivity contribution is 7.47.